The molecular weight excluding hydrogens is 644 g/mol. The number of methoxy groups -OCH3 is 1. The van der Waals surface area contributed by atoms with Crippen molar-refractivity contribution in [2.45, 2.75) is 57.2 Å². The molecule has 3 amide bonds. The van der Waals surface area contributed by atoms with Crippen molar-refractivity contribution in [2.75, 3.05) is 12.4 Å². The first kappa shape index (κ1) is 30.8. The lowest BCUT2D eigenvalue weighted by molar-refractivity contribution is -0.134. The highest BCUT2D eigenvalue weighted by Crippen LogP contribution is 2.58. The van der Waals surface area contributed by atoms with E-state index in [-0.39, 0.29) is 42.8 Å². The van der Waals surface area contributed by atoms with Crippen LogP contribution in [-0.4, -0.2) is 47.5 Å². The van der Waals surface area contributed by atoms with E-state index in [1.54, 1.807) is 24.3 Å². The van der Waals surface area contributed by atoms with Crippen molar-refractivity contribution in [2.24, 2.45) is 23.7 Å². The molecule has 7 rings (SSSR count). The molecule has 2 heterocycles. The lowest BCUT2D eigenvalue weighted by atomic mass is 9.79. The summed E-state index contributed by atoms with van der Waals surface area (Å²) in [5.74, 6) is 0.556. The Morgan fingerprint density at radius 2 is 1.93 bits per heavy atom. The molecule has 4 aliphatic rings. The fourth-order valence-electron chi connectivity index (χ4n) is 7.47. The number of hydrogen-bond donors (Lipinski definition) is 3. The zero-order valence-electron chi connectivity index (χ0n) is 24.8. The third-order valence-electron chi connectivity index (χ3n) is 9.41. The predicted molar refractivity (Wildman–Crippen MR) is 169 cm³/mol. The van der Waals surface area contributed by atoms with Crippen molar-refractivity contribution < 1.29 is 28.3 Å². The van der Waals surface area contributed by atoms with Gasteiger partial charge in [0, 0.05) is 28.2 Å². The highest BCUT2D eigenvalue weighted by atomic mass is 79.9. The minimum absolute atomic E-state index is 0.0106. The van der Waals surface area contributed by atoms with E-state index < -0.39 is 29.4 Å². The number of pyridine rings is 1. The lowest BCUT2D eigenvalue weighted by Crippen LogP contribution is -2.46. The first-order valence-electron chi connectivity index (χ1n) is 15.2. The van der Waals surface area contributed by atoms with Crippen LogP contribution < -0.4 is 21.5 Å². The van der Waals surface area contributed by atoms with Crippen molar-refractivity contribution in [1.82, 2.24) is 15.2 Å². The number of allylic oxidation sites excluding steroid dienone is 1. The van der Waals surface area contributed by atoms with Gasteiger partial charge in [0.25, 0.3) is 11.5 Å². The molecule has 4 fully saturated rings. The fourth-order valence-corrected chi connectivity index (χ4v) is 7.93. The summed E-state index contributed by atoms with van der Waals surface area (Å²) in [4.78, 5) is 64.4. The van der Waals surface area contributed by atoms with Crippen molar-refractivity contribution in [3.63, 3.8) is 0 Å². The summed E-state index contributed by atoms with van der Waals surface area (Å²) in [5, 5.41) is 9.21. The van der Waals surface area contributed by atoms with Gasteiger partial charge in [0.1, 0.15) is 23.9 Å². The molecule has 0 aliphatic heterocycles. The fraction of sp³-hybridized carbons (Fsp3) is 0.424. The van der Waals surface area contributed by atoms with Gasteiger partial charge in [-0.15, -0.1) is 0 Å². The molecule has 5 unspecified atom stereocenters. The summed E-state index contributed by atoms with van der Waals surface area (Å²) in [5.41, 5.74) is -0.0585. The highest BCUT2D eigenvalue weighted by Gasteiger charge is 2.54. The molecule has 3 aromatic rings. The maximum atomic E-state index is 13.4. The van der Waals surface area contributed by atoms with Crippen LogP contribution in [0.15, 0.2) is 68.4 Å². The molecule has 3 N–H and O–H groups in total. The van der Waals surface area contributed by atoms with Gasteiger partial charge < -0.3 is 29.7 Å². The first-order valence-corrected chi connectivity index (χ1v) is 16.0. The van der Waals surface area contributed by atoms with Crippen LogP contribution in [0, 0.1) is 23.7 Å². The summed E-state index contributed by atoms with van der Waals surface area (Å²) in [6, 6.07) is 9.02. The van der Waals surface area contributed by atoms with E-state index in [2.05, 4.69) is 36.6 Å². The molecular formula is C33H35BrN4O7. The van der Waals surface area contributed by atoms with Crippen LogP contribution in [0.4, 0.5) is 5.69 Å². The second-order valence-electron chi connectivity index (χ2n) is 12.2. The third-order valence-corrected chi connectivity index (χ3v) is 10.1. The molecule has 2 aromatic heterocycles. The Morgan fingerprint density at radius 3 is 2.71 bits per heavy atom. The molecule has 4 saturated carbocycles. The molecule has 0 spiro atoms. The number of anilines is 1. The normalized spacial score (nSPS) is 23.7. The van der Waals surface area contributed by atoms with E-state index in [0.29, 0.717) is 28.7 Å². The number of halogens is 1. The van der Waals surface area contributed by atoms with Crippen molar-refractivity contribution in [3.8, 4) is 0 Å². The van der Waals surface area contributed by atoms with Crippen LogP contribution in [0.5, 0.6) is 0 Å². The minimum atomic E-state index is -1.08. The summed E-state index contributed by atoms with van der Waals surface area (Å²) in [6.45, 7) is -0.160. The van der Waals surface area contributed by atoms with Crippen LogP contribution in [0.2, 0.25) is 0 Å². The number of aromatic nitrogens is 1. The number of carbonyl (C=O) groups is 4. The number of carbonyl (C=O) groups excluding carboxylic acids is 4. The molecule has 1 aromatic carbocycles. The molecule has 6 atom stereocenters. The Bertz CT molecular complexity index is 1730. The number of fused-ring (bicyclic) bond motifs is 1. The van der Waals surface area contributed by atoms with E-state index in [4.69, 9.17) is 4.42 Å². The summed E-state index contributed by atoms with van der Waals surface area (Å²) >= 11 is 3.44. The number of nitrogens with one attached hydrogen (secondary N) is 3. The van der Waals surface area contributed by atoms with Gasteiger partial charge in [-0.3, -0.25) is 19.2 Å². The van der Waals surface area contributed by atoms with Gasteiger partial charge >= 0.3 is 5.97 Å². The highest BCUT2D eigenvalue weighted by molar-refractivity contribution is 9.10. The van der Waals surface area contributed by atoms with Crippen LogP contribution in [0.3, 0.4) is 0 Å². The van der Waals surface area contributed by atoms with Gasteiger partial charge in [0.2, 0.25) is 11.8 Å². The van der Waals surface area contributed by atoms with E-state index in [9.17, 15) is 24.0 Å². The van der Waals surface area contributed by atoms with E-state index in [0.717, 1.165) is 10.4 Å². The molecule has 0 radical (unpaired) electrons. The molecule has 4 aliphatic carbocycles. The number of benzene rings is 1. The standard InChI is InChI=1S/C33H35BrN4O7/c1-44-29(40)10-3-2-7-24(35-32(42)27-16-22-23(34)6-4-9-26(22)45-27)31(41)36-25-8-5-11-38(33(25)43)17-28(39)37-30-20-13-18-12-19(15-20)21(30)14-18/h3-6,8-11,16,18-21,24,30H,2,7,12-15,17H2,1H3,(H,35,42)(H,36,41)(H,37,39)/b10-3+/t18?,19?,20?,21?,24-,30?/m0/s1. The van der Waals surface area contributed by atoms with Gasteiger partial charge in [0.05, 0.1) is 7.11 Å². The second-order valence-corrected chi connectivity index (χ2v) is 13.1. The number of rotatable bonds is 11. The summed E-state index contributed by atoms with van der Waals surface area (Å²) in [7, 11) is 1.26. The first-order chi connectivity index (χ1) is 21.7. The quantitative estimate of drug-likeness (QED) is 0.204. The number of ether oxygens (including phenoxy) is 1. The van der Waals surface area contributed by atoms with Crippen LogP contribution >= 0.6 is 15.9 Å². The topological polar surface area (TPSA) is 149 Å². The smallest absolute Gasteiger partial charge is 0.330 e. The summed E-state index contributed by atoms with van der Waals surface area (Å²) < 4.78 is 12.3. The van der Waals surface area contributed by atoms with E-state index >= 15 is 0 Å². The molecule has 236 valence electrons. The van der Waals surface area contributed by atoms with Gasteiger partial charge in [-0.2, -0.15) is 0 Å². The number of furan rings is 1. The number of amides is 3. The molecule has 11 nitrogen and oxygen atoms in total. The Hall–Kier alpha value is -4.19. The Morgan fingerprint density at radius 1 is 1.11 bits per heavy atom. The number of nitrogens with zero attached hydrogens (tertiary/aromatic N) is 1. The lowest BCUT2D eigenvalue weighted by Gasteiger charge is -2.32. The Balaban J connectivity index is 1.13. The largest absolute Gasteiger partial charge is 0.466 e. The SMILES string of the molecule is COC(=O)/C=C/CC[C@H](NC(=O)c1cc2c(Br)cccc2o1)C(=O)Nc1cccn(CC(=O)NC2C3CC4CC(C3)C2C4)c1=O. The number of hydrogen-bond acceptors (Lipinski definition) is 7. The predicted octanol–water partition coefficient (Wildman–Crippen LogP) is 4.15. The molecule has 4 bridgehead atoms. The molecule has 0 saturated heterocycles. The molecule has 45 heavy (non-hydrogen) atoms. The Kier molecular flexibility index (Phi) is 8.93. The maximum Gasteiger partial charge on any atom is 0.330 e. The van der Waals surface area contributed by atoms with Gasteiger partial charge in [-0.1, -0.05) is 28.1 Å². The zero-order valence-corrected chi connectivity index (χ0v) is 26.4. The van der Waals surface area contributed by atoms with Gasteiger partial charge in [-0.05, 0) is 92.5 Å². The minimum Gasteiger partial charge on any atom is -0.466 e. The number of esters is 1. The second kappa shape index (κ2) is 13.0. The van der Waals surface area contributed by atoms with Crippen LogP contribution in [0.1, 0.15) is 49.1 Å². The monoisotopic (exact) mass is 678 g/mol. The van der Waals surface area contributed by atoms with Crippen molar-refractivity contribution in [1.29, 1.82) is 0 Å². The average Bonchev–Trinajstić information content (AvgIpc) is 3.66. The Labute approximate surface area is 267 Å². The zero-order chi connectivity index (χ0) is 31.7. The van der Waals surface area contributed by atoms with E-state index in [1.165, 1.54) is 61.8 Å². The van der Waals surface area contributed by atoms with Crippen molar-refractivity contribution in [3.05, 3.63) is 75.3 Å². The van der Waals surface area contributed by atoms with E-state index in [1.807, 2.05) is 6.07 Å². The van der Waals surface area contributed by atoms with Crippen molar-refractivity contribution >= 4 is 56.3 Å². The van der Waals surface area contributed by atoms with Crippen LogP contribution in [0.25, 0.3) is 11.0 Å². The molecule has 12 heteroatoms. The average molecular weight is 680 g/mol. The van der Waals surface area contributed by atoms with Gasteiger partial charge in [0.15, 0.2) is 5.76 Å². The summed E-state index contributed by atoms with van der Waals surface area (Å²) in [6.07, 6.45) is 9.45. The maximum absolute atomic E-state index is 13.4. The van der Waals surface area contributed by atoms with Gasteiger partial charge in [-0.25, -0.2) is 4.79 Å². The van der Waals surface area contributed by atoms with Crippen LogP contribution in [-0.2, 0) is 25.7 Å². The third kappa shape index (κ3) is 6.61.